The van der Waals surface area contributed by atoms with Gasteiger partial charge in [-0.3, -0.25) is 0 Å². The van der Waals surface area contributed by atoms with Gasteiger partial charge in [-0.25, -0.2) is 9.59 Å². The van der Waals surface area contributed by atoms with Crippen molar-refractivity contribution in [3.63, 3.8) is 0 Å². The van der Waals surface area contributed by atoms with Gasteiger partial charge in [0.05, 0.1) is 11.1 Å². The minimum absolute atomic E-state index is 0.434. The second kappa shape index (κ2) is 13.9. The maximum absolute atomic E-state index is 13.4. The third kappa shape index (κ3) is 6.22. The van der Waals surface area contributed by atoms with Gasteiger partial charge in [-0.15, -0.1) is 0 Å². The molecule has 0 bridgehead atoms. The van der Waals surface area contributed by atoms with Crippen LogP contribution in [0.25, 0.3) is 44.2 Å². The molecule has 54 heavy (non-hydrogen) atoms. The molecule has 0 fully saturated rings. The van der Waals surface area contributed by atoms with E-state index < -0.39 is 11.3 Å². The van der Waals surface area contributed by atoms with E-state index in [2.05, 4.69) is 9.80 Å². The molecule has 0 aliphatic rings. The molecule has 0 aliphatic carbocycles. The summed E-state index contributed by atoms with van der Waals surface area (Å²) in [4.78, 5) is 31.1. The Kier molecular flexibility index (Phi) is 8.38. The lowest BCUT2D eigenvalue weighted by atomic mass is 10.0. The van der Waals surface area contributed by atoms with E-state index in [1.807, 2.05) is 194 Å². The first-order valence-corrected chi connectivity index (χ1v) is 17.7. The first-order chi connectivity index (χ1) is 26.6. The normalized spacial score (nSPS) is 11.1. The van der Waals surface area contributed by atoms with Crippen molar-refractivity contribution in [2.45, 2.75) is 0 Å². The quantitative estimate of drug-likeness (QED) is 0.147. The van der Waals surface area contributed by atoms with Crippen LogP contribution in [0.1, 0.15) is 0 Å². The predicted molar refractivity (Wildman–Crippen MR) is 219 cm³/mol. The van der Waals surface area contributed by atoms with E-state index in [-0.39, 0.29) is 0 Å². The molecule has 0 N–H and O–H groups in total. The van der Waals surface area contributed by atoms with E-state index in [1.54, 1.807) is 0 Å². The summed E-state index contributed by atoms with van der Waals surface area (Å²) in [6.45, 7) is 0. The molecule has 2 heterocycles. The molecular formula is C48H32N2O4. The van der Waals surface area contributed by atoms with Crippen LogP contribution in [0, 0.1) is 0 Å². The Morgan fingerprint density at radius 3 is 0.944 bits per heavy atom. The summed E-state index contributed by atoms with van der Waals surface area (Å²) >= 11 is 0. The van der Waals surface area contributed by atoms with Crippen LogP contribution < -0.4 is 21.1 Å². The topological polar surface area (TPSA) is 66.9 Å². The van der Waals surface area contributed by atoms with E-state index in [4.69, 9.17) is 8.83 Å². The van der Waals surface area contributed by atoms with Gasteiger partial charge in [0.1, 0.15) is 11.2 Å². The summed E-state index contributed by atoms with van der Waals surface area (Å²) in [5.74, 6) is 0. The summed E-state index contributed by atoms with van der Waals surface area (Å²) in [7, 11) is 0. The fraction of sp³-hybridized carbons (Fsp3) is 0. The molecule has 0 amide bonds. The van der Waals surface area contributed by atoms with Crippen LogP contribution in [-0.4, -0.2) is 0 Å². The molecule has 2 aromatic heterocycles. The molecule has 0 spiro atoms. The van der Waals surface area contributed by atoms with E-state index in [1.165, 1.54) is 0 Å². The van der Waals surface area contributed by atoms with Crippen LogP contribution in [-0.2, 0) is 0 Å². The Morgan fingerprint density at radius 2 is 0.630 bits per heavy atom. The molecule has 258 valence electrons. The third-order valence-corrected chi connectivity index (χ3v) is 9.52. The fourth-order valence-corrected chi connectivity index (χ4v) is 6.91. The Balaban J connectivity index is 1.02. The Labute approximate surface area is 311 Å². The summed E-state index contributed by atoms with van der Waals surface area (Å²) in [5.41, 5.74) is 8.03. The number of para-hydroxylation sites is 4. The smallest absolute Gasteiger partial charge is 0.344 e. The number of nitrogens with zero attached hydrogens (tertiary/aromatic N) is 2. The molecule has 0 unspecified atom stereocenters. The number of rotatable bonds is 8. The van der Waals surface area contributed by atoms with Crippen molar-refractivity contribution in [3.05, 3.63) is 215 Å². The van der Waals surface area contributed by atoms with Gasteiger partial charge in [0.25, 0.3) is 0 Å². The molecule has 6 nitrogen and oxygen atoms in total. The van der Waals surface area contributed by atoms with Gasteiger partial charge in [0.15, 0.2) is 0 Å². The maximum atomic E-state index is 13.4. The van der Waals surface area contributed by atoms with Crippen molar-refractivity contribution in [1.29, 1.82) is 0 Å². The second-order valence-corrected chi connectivity index (χ2v) is 12.9. The van der Waals surface area contributed by atoms with Gasteiger partial charge in [0, 0.05) is 57.0 Å². The number of benzene rings is 7. The summed E-state index contributed by atoms with van der Waals surface area (Å²) in [6.07, 6.45) is 0. The van der Waals surface area contributed by atoms with Crippen LogP contribution in [0.4, 0.5) is 34.1 Å². The number of anilines is 6. The van der Waals surface area contributed by atoms with Crippen LogP contribution in [0.3, 0.4) is 0 Å². The molecule has 9 aromatic rings. The highest BCUT2D eigenvalue weighted by molar-refractivity contribution is 5.90. The zero-order chi connectivity index (χ0) is 36.4. The largest absolute Gasteiger partial charge is 0.422 e. The van der Waals surface area contributed by atoms with Crippen molar-refractivity contribution in [2.24, 2.45) is 0 Å². The Bertz CT molecular complexity index is 2580. The van der Waals surface area contributed by atoms with E-state index in [9.17, 15) is 9.59 Å². The first-order valence-electron chi connectivity index (χ1n) is 17.7. The molecule has 0 radical (unpaired) electrons. The molecule has 9 rings (SSSR count). The zero-order valence-electron chi connectivity index (χ0n) is 29.0. The molecular weight excluding hydrogens is 669 g/mol. The van der Waals surface area contributed by atoms with Crippen molar-refractivity contribution < 1.29 is 8.83 Å². The molecule has 0 aliphatic heterocycles. The molecule has 0 saturated carbocycles. The third-order valence-electron chi connectivity index (χ3n) is 9.52. The van der Waals surface area contributed by atoms with Crippen LogP contribution in [0.5, 0.6) is 0 Å². The monoisotopic (exact) mass is 700 g/mol. The predicted octanol–water partition coefficient (Wildman–Crippen LogP) is 12.2. The second-order valence-electron chi connectivity index (χ2n) is 12.9. The van der Waals surface area contributed by atoms with E-state index in [0.29, 0.717) is 33.4 Å². The first kappa shape index (κ1) is 32.5. The lowest BCUT2D eigenvalue weighted by molar-refractivity contribution is 0.563. The summed E-state index contributed by atoms with van der Waals surface area (Å²) in [5, 5.41) is 1.59. The van der Waals surface area contributed by atoms with Gasteiger partial charge in [-0.1, -0.05) is 97.1 Å². The molecule has 0 atom stereocenters. The van der Waals surface area contributed by atoms with Gasteiger partial charge >= 0.3 is 11.3 Å². The van der Waals surface area contributed by atoms with E-state index >= 15 is 0 Å². The lowest BCUT2D eigenvalue weighted by Crippen LogP contribution is -2.10. The highest BCUT2D eigenvalue weighted by atomic mass is 16.4. The van der Waals surface area contributed by atoms with Gasteiger partial charge in [0.2, 0.25) is 0 Å². The highest BCUT2D eigenvalue weighted by Crippen LogP contribution is 2.38. The highest BCUT2D eigenvalue weighted by Gasteiger charge is 2.17. The van der Waals surface area contributed by atoms with Crippen molar-refractivity contribution in [3.8, 4) is 22.3 Å². The number of fused-ring (bicyclic) bond motifs is 2. The van der Waals surface area contributed by atoms with Crippen LogP contribution in [0.2, 0.25) is 0 Å². The SMILES string of the molecule is O=c1oc2cc(N(c3ccccc3)c3ccccc3)ccc2cc1-c1ccc(-c2cc3ccc(N(c4ccccc4)c4ccccc4)cc3oc2=O)cc1. The molecule has 0 saturated heterocycles. The zero-order valence-corrected chi connectivity index (χ0v) is 29.0. The van der Waals surface area contributed by atoms with Gasteiger partial charge in [-0.05, 0) is 96.1 Å². The summed E-state index contributed by atoms with van der Waals surface area (Å²) in [6, 6.07) is 63.1. The van der Waals surface area contributed by atoms with E-state index in [0.717, 1.165) is 44.9 Å². The average molecular weight is 701 g/mol. The maximum Gasteiger partial charge on any atom is 0.344 e. The van der Waals surface area contributed by atoms with Crippen molar-refractivity contribution in [2.75, 3.05) is 9.80 Å². The lowest BCUT2D eigenvalue weighted by Gasteiger charge is -2.25. The standard InChI is InChI=1S/C48H32N2O4/c51-47-43(29-35-25-27-41(31-45(35)53-47)49(37-13-5-1-6-14-37)38-15-7-2-8-16-38)33-21-23-34(24-22-33)44-30-36-26-28-42(32-46(36)54-48(44)52)50(39-17-9-3-10-18-39)40-19-11-4-12-20-40/h1-32H. The van der Waals surface area contributed by atoms with Crippen molar-refractivity contribution in [1.82, 2.24) is 0 Å². The van der Waals surface area contributed by atoms with Crippen LogP contribution >= 0.6 is 0 Å². The Hall–Kier alpha value is -7.44. The minimum atomic E-state index is -0.445. The number of hydrogen-bond donors (Lipinski definition) is 0. The molecule has 6 heteroatoms. The van der Waals surface area contributed by atoms with Crippen LogP contribution in [0.15, 0.2) is 213 Å². The average Bonchev–Trinajstić information content (AvgIpc) is 3.22. The minimum Gasteiger partial charge on any atom is -0.422 e. The number of hydrogen-bond acceptors (Lipinski definition) is 6. The summed E-state index contributed by atoms with van der Waals surface area (Å²) < 4.78 is 11.8. The Morgan fingerprint density at radius 1 is 0.315 bits per heavy atom. The van der Waals surface area contributed by atoms with Gasteiger partial charge in [-0.2, -0.15) is 0 Å². The fourth-order valence-electron chi connectivity index (χ4n) is 6.91. The molecule has 7 aromatic carbocycles. The van der Waals surface area contributed by atoms with Crippen molar-refractivity contribution >= 4 is 56.1 Å². The van der Waals surface area contributed by atoms with Gasteiger partial charge < -0.3 is 18.6 Å².